The molecule has 0 amide bonds. The van der Waals surface area contributed by atoms with Crippen LogP contribution < -0.4 is 11.3 Å². The van der Waals surface area contributed by atoms with Gasteiger partial charge in [-0.25, -0.2) is 4.98 Å². The Bertz CT molecular complexity index is 1410. The Morgan fingerprint density at radius 1 is 0.978 bits per heavy atom. The highest BCUT2D eigenvalue weighted by molar-refractivity contribution is 5.82. The number of carboxylic acids is 1. The summed E-state index contributed by atoms with van der Waals surface area (Å²) < 4.78 is 0. The third-order valence-corrected chi connectivity index (χ3v) is 7.15. The lowest BCUT2D eigenvalue weighted by Crippen LogP contribution is -2.44. The van der Waals surface area contributed by atoms with Crippen LogP contribution in [0, 0.1) is 11.3 Å². The van der Waals surface area contributed by atoms with Gasteiger partial charge < -0.3 is 15.8 Å². The number of Topliss-reactive ketones (excluding diaryl/α,β-unsaturated/α-hetero) is 1. The molecule has 2 aliphatic heterocycles. The summed E-state index contributed by atoms with van der Waals surface area (Å²) in [7, 11) is 0. The van der Waals surface area contributed by atoms with Gasteiger partial charge in [-0.05, 0) is 25.0 Å². The molecule has 0 spiro atoms. The number of aromatic amines is 1. The molecule has 1 aromatic heterocycles. The first-order valence-corrected chi connectivity index (χ1v) is 14.5. The molecule has 5 N–H and O–H groups in total. The molecule has 5 rings (SSSR count). The summed E-state index contributed by atoms with van der Waals surface area (Å²) in [5.74, 6) is -0.225. The topological polar surface area (TPSA) is 191 Å². The van der Waals surface area contributed by atoms with Gasteiger partial charge in [0.15, 0.2) is 0 Å². The fraction of sp³-hybridized carbons (Fsp3) is 0.394. The van der Waals surface area contributed by atoms with Crippen molar-refractivity contribution in [2.24, 2.45) is 11.7 Å². The molecule has 0 radical (unpaired) electrons. The predicted molar refractivity (Wildman–Crippen MR) is 170 cm³/mol. The highest BCUT2D eigenvalue weighted by Crippen LogP contribution is 2.22. The Morgan fingerprint density at radius 3 is 1.91 bits per heavy atom. The number of benzene rings is 2. The predicted octanol–water partition coefficient (Wildman–Crippen LogP) is 3.26. The van der Waals surface area contributed by atoms with E-state index < -0.39 is 5.97 Å². The van der Waals surface area contributed by atoms with Crippen LogP contribution in [0.4, 0.5) is 0 Å². The highest BCUT2D eigenvalue weighted by Gasteiger charge is 2.29. The molecule has 12 heteroatoms. The van der Waals surface area contributed by atoms with Gasteiger partial charge in [0.2, 0.25) is 0 Å². The Labute approximate surface area is 263 Å². The zero-order chi connectivity index (χ0) is 33.8. The smallest absolute Gasteiger partial charge is 0.373 e. The summed E-state index contributed by atoms with van der Waals surface area (Å²) in [4.78, 5) is 60.4. The summed E-state index contributed by atoms with van der Waals surface area (Å²) in [6, 6.07) is 21.6. The van der Waals surface area contributed by atoms with Crippen LogP contribution in [-0.2, 0) is 45.2 Å². The summed E-state index contributed by atoms with van der Waals surface area (Å²) in [6.45, 7) is 10.9. The Morgan fingerprint density at radius 2 is 1.42 bits per heavy atom. The number of hydrogen-bond donors (Lipinski definition) is 4. The number of aromatic nitrogens is 2. The lowest BCUT2D eigenvalue weighted by atomic mass is 9.93. The van der Waals surface area contributed by atoms with E-state index in [1.165, 1.54) is 17.5 Å². The van der Waals surface area contributed by atoms with E-state index in [2.05, 4.69) is 75.7 Å². The number of carbonyl (C=O) groups excluding carboxylic acids is 3. The molecule has 0 saturated carbocycles. The van der Waals surface area contributed by atoms with Crippen LogP contribution in [0.2, 0.25) is 0 Å². The molecular weight excluding hydrogens is 576 g/mol. The van der Waals surface area contributed by atoms with Crippen molar-refractivity contribution in [2.75, 3.05) is 6.54 Å². The second kappa shape index (κ2) is 21.0. The lowest BCUT2D eigenvalue weighted by Gasteiger charge is -2.35. The van der Waals surface area contributed by atoms with Crippen LogP contribution in [0.25, 0.3) is 0 Å². The number of nitrogens with one attached hydrogen (secondary N) is 2. The molecule has 2 aliphatic rings. The van der Waals surface area contributed by atoms with E-state index in [1.54, 1.807) is 0 Å². The van der Waals surface area contributed by atoms with Crippen LogP contribution in [0.15, 0.2) is 71.8 Å². The standard InChI is InChI=1S/C15H17N3O.C14H19NO.C2H4O2.CH4N2.CO2/c1-11-7-14-13(15(19)17-10-16-14)9-18(11)8-12-5-3-2-4-6-12;1-11-9-15(12(2)8-14(11)16)10-13-6-4-3-5-7-13;1-2(3)4;2*2-1-3/h2-6,10-11H,7-9H2,1H3,(H,16,17,19);3-7,11-12H,8-10H2,1-2H3;1H3,(H,3,4);1H,(H3,2,3);. The van der Waals surface area contributed by atoms with E-state index in [0.717, 1.165) is 50.6 Å². The molecule has 3 aromatic rings. The SMILES string of the molecule is CC(=O)O.CC1CN(Cc2ccccc2)C(C)CC1=O.CC1Cc2nc[nH]c(=O)c2CN1Cc1ccccc1.N=CN.O=C=O. The zero-order valence-corrected chi connectivity index (χ0v) is 26.3. The van der Waals surface area contributed by atoms with Crippen molar-refractivity contribution >= 4 is 24.2 Å². The number of hydrogen-bond acceptors (Lipinski definition) is 9. The van der Waals surface area contributed by atoms with Gasteiger partial charge in [0.25, 0.3) is 11.5 Å². The summed E-state index contributed by atoms with van der Waals surface area (Å²) in [6.07, 6.45) is 4.04. The first-order chi connectivity index (χ1) is 21.5. The molecule has 3 heterocycles. The average Bonchev–Trinajstić information content (AvgIpc) is 2.99. The molecule has 0 bridgehead atoms. The monoisotopic (exact) mass is 620 g/mol. The van der Waals surface area contributed by atoms with Crippen molar-refractivity contribution in [3.8, 4) is 0 Å². The average molecular weight is 621 g/mol. The van der Waals surface area contributed by atoms with Crippen molar-refractivity contribution in [3.63, 3.8) is 0 Å². The number of fused-ring (bicyclic) bond motifs is 1. The number of nitrogens with zero attached hydrogens (tertiary/aromatic N) is 3. The van der Waals surface area contributed by atoms with Crippen LogP contribution in [0.5, 0.6) is 0 Å². The maximum absolute atomic E-state index is 11.8. The number of aliphatic carboxylic acids is 1. The largest absolute Gasteiger partial charge is 0.481 e. The van der Waals surface area contributed by atoms with E-state index in [4.69, 9.17) is 24.9 Å². The van der Waals surface area contributed by atoms with Gasteiger partial charge in [-0.2, -0.15) is 9.59 Å². The van der Waals surface area contributed by atoms with E-state index >= 15 is 0 Å². The minimum absolute atomic E-state index is 0.00467. The molecule has 242 valence electrons. The fourth-order valence-electron chi connectivity index (χ4n) is 4.89. The van der Waals surface area contributed by atoms with Crippen LogP contribution >= 0.6 is 0 Å². The Kier molecular flexibility index (Phi) is 17.9. The molecule has 1 fully saturated rings. The number of ketones is 1. The molecular formula is C33H44N6O6. The number of rotatable bonds is 4. The number of nitrogens with two attached hydrogens (primary N) is 1. The minimum Gasteiger partial charge on any atom is -0.481 e. The maximum atomic E-state index is 11.8. The number of carboxylic acid groups (broad SMARTS) is 1. The van der Waals surface area contributed by atoms with Gasteiger partial charge in [0.05, 0.1) is 23.9 Å². The third kappa shape index (κ3) is 14.5. The van der Waals surface area contributed by atoms with Crippen LogP contribution in [-0.4, -0.2) is 67.7 Å². The van der Waals surface area contributed by atoms with Gasteiger partial charge in [0.1, 0.15) is 5.78 Å². The summed E-state index contributed by atoms with van der Waals surface area (Å²) in [5.41, 5.74) is 8.75. The van der Waals surface area contributed by atoms with Gasteiger partial charge in [-0.15, -0.1) is 0 Å². The molecule has 0 aliphatic carbocycles. The zero-order valence-electron chi connectivity index (χ0n) is 26.3. The summed E-state index contributed by atoms with van der Waals surface area (Å²) >= 11 is 0. The second-order valence-corrected chi connectivity index (χ2v) is 10.7. The Hall–Kier alpha value is -4.77. The molecule has 12 nitrogen and oxygen atoms in total. The van der Waals surface area contributed by atoms with Crippen molar-refractivity contribution in [1.82, 2.24) is 19.8 Å². The number of likely N-dealkylation sites (tertiary alicyclic amines) is 1. The minimum atomic E-state index is -0.833. The van der Waals surface area contributed by atoms with Crippen LogP contribution in [0.1, 0.15) is 56.5 Å². The Balaban J connectivity index is 0.000000352. The molecule has 2 aromatic carbocycles. The van der Waals surface area contributed by atoms with E-state index in [1.807, 2.05) is 31.2 Å². The first-order valence-electron chi connectivity index (χ1n) is 14.5. The van der Waals surface area contributed by atoms with E-state index in [-0.39, 0.29) is 17.6 Å². The van der Waals surface area contributed by atoms with Crippen molar-refractivity contribution in [2.45, 2.75) is 72.3 Å². The van der Waals surface area contributed by atoms with Crippen molar-refractivity contribution < 1.29 is 24.3 Å². The van der Waals surface area contributed by atoms with Gasteiger partial charge >= 0.3 is 6.15 Å². The number of carbonyl (C=O) groups is 2. The van der Waals surface area contributed by atoms with Crippen LogP contribution in [0.3, 0.4) is 0 Å². The van der Waals surface area contributed by atoms with Gasteiger partial charge in [-0.3, -0.25) is 29.6 Å². The second-order valence-electron chi connectivity index (χ2n) is 10.7. The first kappa shape index (κ1) is 38.3. The number of H-pyrrole nitrogens is 1. The van der Waals surface area contributed by atoms with E-state index in [0.29, 0.717) is 30.8 Å². The molecule has 3 unspecified atom stereocenters. The third-order valence-electron chi connectivity index (χ3n) is 7.15. The highest BCUT2D eigenvalue weighted by atomic mass is 16.4. The van der Waals surface area contributed by atoms with Gasteiger partial charge in [0, 0.05) is 63.9 Å². The maximum Gasteiger partial charge on any atom is 0.373 e. The normalized spacial score (nSPS) is 18.7. The quantitative estimate of drug-likeness (QED) is 0.249. The fourth-order valence-corrected chi connectivity index (χ4v) is 4.89. The molecule has 1 saturated heterocycles. The van der Waals surface area contributed by atoms with Crippen molar-refractivity contribution in [3.05, 3.63) is 99.7 Å². The van der Waals surface area contributed by atoms with E-state index in [9.17, 15) is 9.59 Å². The lowest BCUT2D eigenvalue weighted by molar-refractivity contribution is -0.191. The molecule has 3 atom stereocenters. The molecule has 45 heavy (non-hydrogen) atoms. The number of piperidine rings is 1. The van der Waals surface area contributed by atoms with Crippen molar-refractivity contribution in [1.29, 1.82) is 5.41 Å². The van der Waals surface area contributed by atoms with Gasteiger partial charge in [-0.1, -0.05) is 67.6 Å². The summed E-state index contributed by atoms with van der Waals surface area (Å²) in [5, 5.41) is 13.3.